The molecule has 1 unspecified atom stereocenters. The molecule has 0 aliphatic heterocycles. The largest absolute Gasteiger partial charge is 0.338 e. The van der Waals surface area contributed by atoms with Crippen molar-refractivity contribution in [3.05, 3.63) is 33.8 Å². The summed E-state index contributed by atoms with van der Waals surface area (Å²) in [5.41, 5.74) is 1.69. The normalized spacial score (nSPS) is 12.3. The average molecular weight is 305 g/mol. The summed E-state index contributed by atoms with van der Waals surface area (Å²) in [6.07, 6.45) is 0. The van der Waals surface area contributed by atoms with Gasteiger partial charge in [0.05, 0.1) is 0 Å². The van der Waals surface area contributed by atoms with Crippen molar-refractivity contribution in [2.45, 2.75) is 19.9 Å². The Labute approximate surface area is 110 Å². The van der Waals surface area contributed by atoms with E-state index < -0.39 is 0 Å². The Hall–Kier alpha value is -0.540. The molecule has 0 saturated carbocycles. The summed E-state index contributed by atoms with van der Waals surface area (Å²) in [6.45, 7) is 3.86. The van der Waals surface area contributed by atoms with Gasteiger partial charge < -0.3 is 4.90 Å². The topological polar surface area (TPSA) is 20.3 Å². The molecule has 0 N–H and O–H groups in total. The lowest BCUT2D eigenvalue weighted by molar-refractivity contribution is 0.0756. The number of rotatable bonds is 3. The predicted molar refractivity (Wildman–Crippen MR) is 71.2 cm³/mol. The molecule has 0 spiro atoms. The molecule has 1 atom stereocenters. The average Bonchev–Trinajstić information content (AvgIpc) is 2.29. The van der Waals surface area contributed by atoms with Crippen molar-refractivity contribution in [2.24, 2.45) is 0 Å². The minimum Gasteiger partial charge on any atom is -0.338 e. The van der Waals surface area contributed by atoms with Gasteiger partial charge in [-0.25, -0.2) is 0 Å². The van der Waals surface area contributed by atoms with Gasteiger partial charge in [-0.15, -0.1) is 11.6 Å². The van der Waals surface area contributed by atoms with Gasteiger partial charge >= 0.3 is 0 Å². The summed E-state index contributed by atoms with van der Waals surface area (Å²) >= 11 is 9.12. The Morgan fingerprint density at radius 3 is 2.75 bits per heavy atom. The van der Waals surface area contributed by atoms with Gasteiger partial charge in [0.1, 0.15) is 0 Å². The Bertz CT molecular complexity index is 395. The van der Waals surface area contributed by atoms with Gasteiger partial charge in [0, 0.05) is 29.0 Å². The fourth-order valence-electron chi connectivity index (χ4n) is 1.32. The number of benzene rings is 1. The van der Waals surface area contributed by atoms with Crippen LogP contribution in [0.15, 0.2) is 22.7 Å². The summed E-state index contributed by atoms with van der Waals surface area (Å²) in [5, 5.41) is 0. The SMILES string of the molecule is Cc1ccc(Br)cc1C(=O)N(C)C(C)CCl. The van der Waals surface area contributed by atoms with Crippen LogP contribution in [0.3, 0.4) is 0 Å². The van der Waals surface area contributed by atoms with Crippen LogP contribution in [0.2, 0.25) is 0 Å². The molecule has 0 radical (unpaired) electrons. The van der Waals surface area contributed by atoms with Crippen LogP contribution in [-0.2, 0) is 0 Å². The number of carbonyl (C=O) groups excluding carboxylic acids is 1. The van der Waals surface area contributed by atoms with Crippen molar-refractivity contribution in [1.82, 2.24) is 4.90 Å². The molecule has 0 aromatic heterocycles. The molecule has 1 amide bonds. The van der Waals surface area contributed by atoms with Gasteiger partial charge in [0.15, 0.2) is 0 Å². The molecular weight excluding hydrogens is 289 g/mol. The van der Waals surface area contributed by atoms with Gasteiger partial charge in [0.25, 0.3) is 5.91 Å². The van der Waals surface area contributed by atoms with Gasteiger partial charge in [-0.05, 0) is 31.5 Å². The van der Waals surface area contributed by atoms with Crippen molar-refractivity contribution in [1.29, 1.82) is 0 Å². The monoisotopic (exact) mass is 303 g/mol. The van der Waals surface area contributed by atoms with E-state index in [2.05, 4.69) is 15.9 Å². The summed E-state index contributed by atoms with van der Waals surface area (Å²) < 4.78 is 0.911. The number of alkyl halides is 1. The molecule has 16 heavy (non-hydrogen) atoms. The van der Waals surface area contributed by atoms with E-state index in [1.807, 2.05) is 32.0 Å². The van der Waals surface area contributed by atoms with Gasteiger partial charge in [-0.1, -0.05) is 22.0 Å². The summed E-state index contributed by atoms with van der Waals surface area (Å²) in [7, 11) is 1.77. The van der Waals surface area contributed by atoms with Crippen molar-refractivity contribution in [3.8, 4) is 0 Å². The maximum Gasteiger partial charge on any atom is 0.254 e. The zero-order chi connectivity index (χ0) is 12.3. The van der Waals surface area contributed by atoms with Crippen LogP contribution in [0.4, 0.5) is 0 Å². The lowest BCUT2D eigenvalue weighted by Gasteiger charge is -2.23. The minimum atomic E-state index is 0.00644. The Balaban J connectivity index is 3.00. The van der Waals surface area contributed by atoms with Crippen LogP contribution in [0, 0.1) is 6.92 Å². The summed E-state index contributed by atoms with van der Waals surface area (Å²) in [5.74, 6) is 0.446. The van der Waals surface area contributed by atoms with E-state index >= 15 is 0 Å². The molecular formula is C12H15BrClNO. The molecule has 0 bridgehead atoms. The number of halogens is 2. The molecule has 1 aromatic carbocycles. The Morgan fingerprint density at radius 1 is 1.56 bits per heavy atom. The standard InChI is InChI=1S/C12H15BrClNO/c1-8-4-5-10(13)6-11(8)12(16)15(3)9(2)7-14/h4-6,9H,7H2,1-3H3. The van der Waals surface area contributed by atoms with Crippen LogP contribution in [0.1, 0.15) is 22.8 Å². The molecule has 1 aromatic rings. The summed E-state index contributed by atoms with van der Waals surface area (Å²) in [4.78, 5) is 13.8. The Kier molecular flexibility index (Phi) is 4.81. The first-order chi connectivity index (χ1) is 7.47. The minimum absolute atomic E-state index is 0.00644. The smallest absolute Gasteiger partial charge is 0.254 e. The van der Waals surface area contributed by atoms with Crippen molar-refractivity contribution < 1.29 is 4.79 Å². The molecule has 0 heterocycles. The molecule has 0 aliphatic carbocycles. The van der Waals surface area contributed by atoms with Crippen molar-refractivity contribution in [2.75, 3.05) is 12.9 Å². The van der Waals surface area contributed by atoms with E-state index in [0.717, 1.165) is 10.0 Å². The number of aryl methyl sites for hydroxylation is 1. The molecule has 88 valence electrons. The quantitative estimate of drug-likeness (QED) is 0.783. The highest BCUT2D eigenvalue weighted by Gasteiger charge is 2.18. The molecule has 1 rings (SSSR count). The second-order valence-electron chi connectivity index (χ2n) is 3.88. The van der Waals surface area contributed by atoms with Crippen LogP contribution in [0.25, 0.3) is 0 Å². The molecule has 0 fully saturated rings. The predicted octanol–water partition coefficient (Wildman–Crippen LogP) is 3.46. The lowest BCUT2D eigenvalue weighted by atomic mass is 10.1. The molecule has 0 saturated heterocycles. The number of nitrogens with zero attached hydrogens (tertiary/aromatic N) is 1. The summed E-state index contributed by atoms with van der Waals surface area (Å²) in [6, 6.07) is 5.73. The maximum atomic E-state index is 12.2. The maximum absolute atomic E-state index is 12.2. The lowest BCUT2D eigenvalue weighted by Crippen LogP contribution is -2.36. The second kappa shape index (κ2) is 5.69. The van der Waals surface area contributed by atoms with Gasteiger partial charge in [0.2, 0.25) is 0 Å². The number of hydrogen-bond donors (Lipinski definition) is 0. The first-order valence-corrected chi connectivity index (χ1v) is 6.39. The molecule has 2 nitrogen and oxygen atoms in total. The van der Waals surface area contributed by atoms with Gasteiger partial charge in [-0.3, -0.25) is 4.79 Å². The third-order valence-electron chi connectivity index (χ3n) is 2.63. The number of amides is 1. The van der Waals surface area contributed by atoms with Crippen molar-refractivity contribution in [3.63, 3.8) is 0 Å². The third-order valence-corrected chi connectivity index (χ3v) is 3.57. The number of hydrogen-bond acceptors (Lipinski definition) is 1. The van der Waals surface area contributed by atoms with Crippen LogP contribution < -0.4 is 0 Å². The van der Waals surface area contributed by atoms with Crippen LogP contribution in [0.5, 0.6) is 0 Å². The van der Waals surface area contributed by atoms with Crippen molar-refractivity contribution >= 4 is 33.4 Å². The Morgan fingerprint density at radius 2 is 2.19 bits per heavy atom. The van der Waals surface area contributed by atoms with E-state index in [0.29, 0.717) is 11.4 Å². The van der Waals surface area contributed by atoms with E-state index in [1.165, 1.54) is 0 Å². The first-order valence-electron chi connectivity index (χ1n) is 5.06. The van der Waals surface area contributed by atoms with E-state index in [-0.39, 0.29) is 11.9 Å². The molecule has 0 aliphatic rings. The van der Waals surface area contributed by atoms with Crippen LogP contribution >= 0.6 is 27.5 Å². The number of carbonyl (C=O) groups is 1. The van der Waals surface area contributed by atoms with Gasteiger partial charge in [-0.2, -0.15) is 0 Å². The second-order valence-corrected chi connectivity index (χ2v) is 5.10. The highest BCUT2D eigenvalue weighted by atomic mass is 79.9. The van der Waals surface area contributed by atoms with E-state index in [1.54, 1.807) is 11.9 Å². The molecule has 4 heteroatoms. The zero-order valence-corrected chi connectivity index (χ0v) is 12.0. The fraction of sp³-hybridized carbons (Fsp3) is 0.417. The van der Waals surface area contributed by atoms with E-state index in [9.17, 15) is 4.79 Å². The fourth-order valence-corrected chi connectivity index (χ4v) is 1.89. The van der Waals surface area contributed by atoms with E-state index in [4.69, 9.17) is 11.6 Å². The highest BCUT2D eigenvalue weighted by Crippen LogP contribution is 2.18. The highest BCUT2D eigenvalue weighted by molar-refractivity contribution is 9.10. The van der Waals surface area contributed by atoms with Crippen LogP contribution in [-0.4, -0.2) is 29.8 Å². The first kappa shape index (κ1) is 13.5. The third kappa shape index (κ3) is 2.98. The zero-order valence-electron chi connectivity index (χ0n) is 9.63.